The van der Waals surface area contributed by atoms with Gasteiger partial charge in [-0.15, -0.1) is 0 Å². The molecule has 0 amide bonds. The van der Waals surface area contributed by atoms with Crippen molar-refractivity contribution in [3.63, 3.8) is 0 Å². The second-order valence-electron chi connectivity index (χ2n) is 8.24. The fourth-order valence-corrected chi connectivity index (χ4v) is 4.71. The quantitative estimate of drug-likeness (QED) is 0.500. The Hall–Kier alpha value is -2.53. The van der Waals surface area contributed by atoms with Crippen molar-refractivity contribution in [3.05, 3.63) is 60.7 Å². The molecule has 2 aromatic carbocycles. The van der Waals surface area contributed by atoms with Crippen LogP contribution in [0.1, 0.15) is 20.8 Å². The van der Waals surface area contributed by atoms with Crippen LogP contribution >= 0.6 is 13.5 Å². The Morgan fingerprint density at radius 2 is 1.78 bits per heavy atom. The van der Waals surface area contributed by atoms with Crippen LogP contribution in [-0.2, 0) is 10.0 Å². The highest BCUT2D eigenvalue weighted by Gasteiger charge is 2.30. The van der Waals surface area contributed by atoms with Gasteiger partial charge in [0.2, 0.25) is 10.0 Å². The van der Waals surface area contributed by atoms with E-state index in [4.69, 9.17) is 5.73 Å². The molecule has 0 saturated heterocycles. The molecule has 0 saturated carbocycles. The van der Waals surface area contributed by atoms with E-state index in [9.17, 15) is 17.9 Å². The highest BCUT2D eigenvalue weighted by Crippen LogP contribution is 2.32. The number of hydrogen-bond acceptors (Lipinski definition) is 6. The number of anilines is 1. The van der Waals surface area contributed by atoms with Crippen LogP contribution in [0.25, 0.3) is 22.4 Å². The van der Waals surface area contributed by atoms with Gasteiger partial charge in [0.15, 0.2) is 0 Å². The molecular weight excluding hydrogens is 451 g/mol. The number of nitrogens with zero attached hydrogens (tertiary/aromatic N) is 2. The number of benzene rings is 2. The molecule has 7 nitrogen and oxygen atoms in total. The van der Waals surface area contributed by atoms with Gasteiger partial charge in [-0.25, -0.2) is 22.5 Å². The van der Waals surface area contributed by atoms with Gasteiger partial charge in [-0.2, -0.15) is 13.5 Å². The molecule has 1 heterocycles. The maximum atomic E-state index is 14.9. The summed E-state index contributed by atoms with van der Waals surface area (Å²) in [6.45, 7) is 5.14. The molecule has 3 aromatic rings. The third-order valence-electron chi connectivity index (χ3n) is 4.93. The first-order chi connectivity index (χ1) is 14.5. The Bertz CT molecular complexity index is 1180. The van der Waals surface area contributed by atoms with Gasteiger partial charge >= 0.3 is 0 Å². The minimum absolute atomic E-state index is 0. The van der Waals surface area contributed by atoms with E-state index >= 15 is 0 Å². The molecule has 0 aliphatic rings. The first kappa shape index (κ1) is 25.7. The van der Waals surface area contributed by atoms with Crippen molar-refractivity contribution < 1.29 is 17.9 Å². The van der Waals surface area contributed by atoms with Crippen molar-refractivity contribution in [2.24, 2.45) is 5.41 Å². The molecule has 0 fully saturated rings. The first-order valence-electron chi connectivity index (χ1n) is 9.63. The van der Waals surface area contributed by atoms with E-state index in [-0.39, 0.29) is 36.4 Å². The van der Waals surface area contributed by atoms with Gasteiger partial charge < -0.3 is 10.8 Å². The number of halogens is 1. The van der Waals surface area contributed by atoms with E-state index in [2.05, 4.69) is 14.7 Å². The fraction of sp³-hybridized carbons (Fsp3) is 0.273. The zero-order chi connectivity index (χ0) is 22.8. The second-order valence-corrected chi connectivity index (χ2v) is 9.92. The number of nitrogens with two attached hydrogens (primary N) is 1. The van der Waals surface area contributed by atoms with Crippen molar-refractivity contribution in [1.29, 1.82) is 0 Å². The first-order valence-corrected chi connectivity index (χ1v) is 11.1. The van der Waals surface area contributed by atoms with Gasteiger partial charge in [0.25, 0.3) is 0 Å². The summed E-state index contributed by atoms with van der Waals surface area (Å²) < 4.78 is 43.6. The lowest BCUT2D eigenvalue weighted by atomic mass is 9.88. The molecule has 3 rings (SSSR count). The molecule has 4 N–H and O–H groups in total. The van der Waals surface area contributed by atoms with Crippen molar-refractivity contribution in [3.8, 4) is 22.4 Å². The number of aromatic nitrogens is 2. The number of aliphatic hydroxyl groups is 1. The number of nitrogen functional groups attached to an aromatic ring is 1. The monoisotopic (exact) mass is 478 g/mol. The Kier molecular flexibility index (Phi) is 8.00. The number of rotatable bonds is 6. The molecule has 0 radical (unpaired) electrons. The maximum Gasteiger partial charge on any atom is 0.241 e. The van der Waals surface area contributed by atoms with E-state index in [0.29, 0.717) is 16.8 Å². The minimum atomic E-state index is -3.98. The fourth-order valence-electron chi connectivity index (χ4n) is 3.05. The normalized spacial score (nSPS) is 12.8. The van der Waals surface area contributed by atoms with Gasteiger partial charge in [0, 0.05) is 17.2 Å². The summed E-state index contributed by atoms with van der Waals surface area (Å²) in [5.41, 5.74) is 6.30. The highest BCUT2D eigenvalue weighted by molar-refractivity contribution is 7.89. The molecule has 0 bridgehead atoms. The molecule has 0 spiro atoms. The zero-order valence-electron chi connectivity index (χ0n) is 18.0. The standard InChI is InChI=1S/C22H25FN4O3S.H2S/c1-22(2,3)20(13-28)27-31(29,30)19-7-5-4-6-15(19)14-8-9-16(17(23)10-14)18-11-26-21(24)12-25-18;/h4-12,20,27-28H,13H2,1-3H3,(H2,24,26);1H2/t20-;/m1./s1. The lowest BCUT2D eigenvalue weighted by Gasteiger charge is -2.29. The van der Waals surface area contributed by atoms with E-state index in [1.807, 2.05) is 20.8 Å². The minimum Gasteiger partial charge on any atom is -0.395 e. The van der Waals surface area contributed by atoms with Crippen LogP contribution in [0, 0.1) is 11.2 Å². The summed E-state index contributed by atoms with van der Waals surface area (Å²) in [5, 5.41) is 9.66. The summed E-state index contributed by atoms with van der Waals surface area (Å²) in [7, 11) is -3.98. The van der Waals surface area contributed by atoms with Gasteiger partial charge in [0.1, 0.15) is 11.6 Å². The lowest BCUT2D eigenvalue weighted by Crippen LogP contribution is -2.46. The zero-order valence-corrected chi connectivity index (χ0v) is 19.8. The van der Waals surface area contributed by atoms with E-state index in [0.717, 1.165) is 0 Å². The predicted octanol–water partition coefficient (Wildman–Crippen LogP) is 3.33. The third kappa shape index (κ3) is 5.63. The Labute approximate surface area is 194 Å². The smallest absolute Gasteiger partial charge is 0.241 e. The summed E-state index contributed by atoms with van der Waals surface area (Å²) in [6.07, 6.45) is 2.71. The Morgan fingerprint density at radius 1 is 1.09 bits per heavy atom. The van der Waals surface area contributed by atoms with Gasteiger partial charge in [-0.3, -0.25) is 4.98 Å². The van der Waals surface area contributed by atoms with Gasteiger partial charge in [0.05, 0.1) is 29.6 Å². The molecular formula is C22H27FN4O3S2. The van der Waals surface area contributed by atoms with E-state index in [1.165, 1.54) is 30.6 Å². The van der Waals surface area contributed by atoms with Gasteiger partial charge in [-0.05, 0) is 29.2 Å². The highest BCUT2D eigenvalue weighted by atomic mass is 32.2. The van der Waals surface area contributed by atoms with Crippen LogP contribution in [0.15, 0.2) is 59.8 Å². The third-order valence-corrected chi connectivity index (χ3v) is 6.46. The lowest BCUT2D eigenvalue weighted by molar-refractivity contribution is 0.177. The molecule has 1 atom stereocenters. The van der Waals surface area contributed by atoms with Crippen LogP contribution in [0.2, 0.25) is 0 Å². The summed E-state index contributed by atoms with van der Waals surface area (Å²) >= 11 is 0. The average molecular weight is 479 g/mol. The van der Waals surface area contributed by atoms with E-state index in [1.54, 1.807) is 24.3 Å². The van der Waals surface area contributed by atoms with E-state index < -0.39 is 27.3 Å². The SMILES string of the molecule is CC(C)(C)[C@@H](CO)NS(=O)(=O)c1ccccc1-c1ccc(-c2cnc(N)cn2)c(F)c1.S. The Morgan fingerprint density at radius 3 is 2.34 bits per heavy atom. The average Bonchev–Trinajstić information content (AvgIpc) is 2.72. The number of nitrogens with one attached hydrogen (secondary N) is 1. The van der Waals surface area contributed by atoms with Crippen LogP contribution in [0.3, 0.4) is 0 Å². The van der Waals surface area contributed by atoms with Crippen LogP contribution in [0.4, 0.5) is 10.2 Å². The molecule has 10 heteroatoms. The number of aliphatic hydroxyl groups excluding tert-OH is 1. The van der Waals surface area contributed by atoms with Crippen molar-refractivity contribution in [2.45, 2.75) is 31.7 Å². The topological polar surface area (TPSA) is 118 Å². The van der Waals surface area contributed by atoms with Crippen molar-refractivity contribution >= 4 is 29.3 Å². The van der Waals surface area contributed by atoms with Crippen LogP contribution in [-0.4, -0.2) is 36.1 Å². The Balaban J connectivity index is 0.00000363. The molecule has 0 aliphatic heterocycles. The van der Waals surface area contributed by atoms with Crippen molar-refractivity contribution in [1.82, 2.24) is 14.7 Å². The molecule has 0 aliphatic carbocycles. The summed E-state index contributed by atoms with van der Waals surface area (Å²) in [6, 6.07) is 10.1. The maximum absolute atomic E-state index is 14.9. The summed E-state index contributed by atoms with van der Waals surface area (Å²) in [4.78, 5) is 7.99. The summed E-state index contributed by atoms with van der Waals surface area (Å²) in [5.74, 6) is -0.344. The van der Waals surface area contributed by atoms with Crippen LogP contribution < -0.4 is 10.5 Å². The molecule has 172 valence electrons. The molecule has 0 unspecified atom stereocenters. The second kappa shape index (κ2) is 9.95. The molecule has 32 heavy (non-hydrogen) atoms. The van der Waals surface area contributed by atoms with Gasteiger partial charge in [-0.1, -0.05) is 45.0 Å². The molecule has 1 aromatic heterocycles. The van der Waals surface area contributed by atoms with Crippen LogP contribution in [0.5, 0.6) is 0 Å². The largest absolute Gasteiger partial charge is 0.395 e. The number of hydrogen-bond donors (Lipinski definition) is 3. The van der Waals surface area contributed by atoms with Crippen molar-refractivity contribution in [2.75, 3.05) is 12.3 Å². The number of sulfonamides is 1. The predicted molar refractivity (Wildman–Crippen MR) is 128 cm³/mol.